The molecular weight excluding hydrogens is 569 g/mol. The molecule has 5 rings (SSSR count). The molecule has 40 heavy (non-hydrogen) atoms. The maximum absolute atomic E-state index is 16.3. The highest BCUT2D eigenvalue weighted by molar-refractivity contribution is 7.92. The van der Waals surface area contributed by atoms with E-state index >= 15 is 4.39 Å². The number of nitrogens with zero attached hydrogens (tertiary/aromatic N) is 4. The summed E-state index contributed by atoms with van der Waals surface area (Å²) < 4.78 is 84.5. The number of benzene rings is 2. The summed E-state index contributed by atoms with van der Waals surface area (Å²) in [6.45, 7) is 0.448. The highest BCUT2D eigenvalue weighted by Crippen LogP contribution is 2.39. The lowest BCUT2D eigenvalue weighted by Gasteiger charge is -2.25. The third kappa shape index (κ3) is 5.44. The van der Waals surface area contributed by atoms with Crippen LogP contribution in [0.4, 0.5) is 18.9 Å². The van der Waals surface area contributed by atoms with Crippen LogP contribution in [0.2, 0.25) is 5.15 Å². The van der Waals surface area contributed by atoms with Crippen molar-refractivity contribution in [3.05, 3.63) is 83.5 Å². The van der Waals surface area contributed by atoms with Crippen LogP contribution in [0.25, 0.3) is 22.4 Å². The summed E-state index contributed by atoms with van der Waals surface area (Å²) in [7, 11) is -3.58. The van der Waals surface area contributed by atoms with E-state index < -0.39 is 44.8 Å². The van der Waals surface area contributed by atoms with Crippen LogP contribution in [0.3, 0.4) is 0 Å². The van der Waals surface area contributed by atoms with E-state index in [1.54, 1.807) is 23.0 Å². The van der Waals surface area contributed by atoms with Gasteiger partial charge in [0.15, 0.2) is 5.82 Å². The van der Waals surface area contributed by atoms with Crippen molar-refractivity contribution in [1.82, 2.24) is 14.8 Å². The zero-order valence-corrected chi connectivity index (χ0v) is 22.8. The minimum absolute atomic E-state index is 0.00567. The molecule has 1 aliphatic rings. The minimum Gasteiger partial charge on any atom is -0.381 e. The van der Waals surface area contributed by atoms with Crippen molar-refractivity contribution in [2.24, 2.45) is 0 Å². The lowest BCUT2D eigenvalue weighted by atomic mass is 10.0. The highest BCUT2D eigenvalue weighted by Gasteiger charge is 2.32. The van der Waals surface area contributed by atoms with E-state index in [2.05, 4.69) is 4.98 Å². The van der Waals surface area contributed by atoms with Crippen molar-refractivity contribution >= 4 is 27.3 Å². The zero-order chi connectivity index (χ0) is 28.4. The first-order chi connectivity index (χ1) is 19.2. The van der Waals surface area contributed by atoms with Crippen LogP contribution in [-0.2, 0) is 19.5 Å². The SMILES string of the molecule is COCN(c1cccc(-c2nn(C3CCOCC3)cc2-c2ccnc(Cl)c2)c1F)S(=O)(=O)c1cc(F)ccc1F. The number of hydrogen-bond acceptors (Lipinski definition) is 6. The summed E-state index contributed by atoms with van der Waals surface area (Å²) in [6, 6.07) is 9.47. The van der Waals surface area contributed by atoms with Gasteiger partial charge in [-0.25, -0.2) is 30.9 Å². The molecule has 2 aromatic heterocycles. The summed E-state index contributed by atoms with van der Waals surface area (Å²) in [4.78, 5) is 3.06. The predicted octanol–water partition coefficient (Wildman–Crippen LogP) is 5.83. The molecule has 210 valence electrons. The van der Waals surface area contributed by atoms with Gasteiger partial charge in [0, 0.05) is 43.8 Å². The van der Waals surface area contributed by atoms with Crippen LogP contribution >= 0.6 is 11.6 Å². The molecule has 0 atom stereocenters. The summed E-state index contributed by atoms with van der Waals surface area (Å²) in [5.41, 5.74) is 0.967. The van der Waals surface area contributed by atoms with E-state index in [0.717, 1.165) is 6.07 Å². The number of anilines is 1. The number of hydrogen-bond donors (Lipinski definition) is 0. The van der Waals surface area contributed by atoms with Crippen molar-refractivity contribution < 1.29 is 31.1 Å². The second-order valence-corrected chi connectivity index (χ2v) is 11.3. The fraction of sp³-hybridized carbons (Fsp3) is 0.259. The fourth-order valence-electron chi connectivity index (χ4n) is 4.58. The van der Waals surface area contributed by atoms with E-state index in [1.807, 2.05) is 0 Å². The number of pyridine rings is 1. The molecule has 0 amide bonds. The first-order valence-corrected chi connectivity index (χ1v) is 14.1. The van der Waals surface area contributed by atoms with Gasteiger partial charge < -0.3 is 9.47 Å². The number of halogens is 4. The minimum atomic E-state index is -4.78. The van der Waals surface area contributed by atoms with E-state index in [9.17, 15) is 17.2 Å². The molecule has 4 aromatic rings. The number of methoxy groups -OCH3 is 1. The zero-order valence-electron chi connectivity index (χ0n) is 21.2. The lowest BCUT2D eigenvalue weighted by molar-refractivity contribution is 0.0663. The Morgan fingerprint density at radius 2 is 1.88 bits per heavy atom. The van der Waals surface area contributed by atoms with Gasteiger partial charge in [0.25, 0.3) is 10.0 Å². The number of aromatic nitrogens is 3. The van der Waals surface area contributed by atoms with Crippen LogP contribution in [0.5, 0.6) is 0 Å². The van der Waals surface area contributed by atoms with Crippen LogP contribution in [0.15, 0.2) is 65.8 Å². The van der Waals surface area contributed by atoms with Crippen LogP contribution in [-0.4, -0.2) is 50.2 Å². The van der Waals surface area contributed by atoms with Crippen molar-refractivity contribution in [2.75, 3.05) is 31.4 Å². The van der Waals surface area contributed by atoms with Gasteiger partial charge in [-0.2, -0.15) is 5.10 Å². The molecular formula is C27H24ClF3N4O4S. The largest absolute Gasteiger partial charge is 0.381 e. The maximum atomic E-state index is 16.3. The average Bonchev–Trinajstić information content (AvgIpc) is 3.39. The third-order valence-corrected chi connectivity index (χ3v) is 8.50. The smallest absolute Gasteiger partial charge is 0.269 e. The molecule has 8 nitrogen and oxygen atoms in total. The summed E-state index contributed by atoms with van der Waals surface area (Å²) in [5.74, 6) is -3.10. The van der Waals surface area contributed by atoms with Gasteiger partial charge >= 0.3 is 0 Å². The Hall–Kier alpha value is -3.45. The van der Waals surface area contributed by atoms with Gasteiger partial charge in [-0.15, -0.1) is 0 Å². The molecule has 13 heteroatoms. The van der Waals surface area contributed by atoms with Gasteiger partial charge in [0.1, 0.15) is 34.1 Å². The van der Waals surface area contributed by atoms with E-state index in [1.165, 1.54) is 31.5 Å². The molecule has 1 saturated heterocycles. The molecule has 2 aromatic carbocycles. The van der Waals surface area contributed by atoms with Crippen molar-refractivity contribution in [3.8, 4) is 22.4 Å². The van der Waals surface area contributed by atoms with E-state index in [4.69, 9.17) is 26.2 Å². The van der Waals surface area contributed by atoms with Crippen LogP contribution in [0.1, 0.15) is 18.9 Å². The summed E-state index contributed by atoms with van der Waals surface area (Å²) in [5, 5.41) is 4.94. The monoisotopic (exact) mass is 592 g/mol. The van der Waals surface area contributed by atoms with Gasteiger partial charge in [-0.3, -0.25) is 4.68 Å². The van der Waals surface area contributed by atoms with Gasteiger partial charge in [0.2, 0.25) is 0 Å². The molecule has 0 bridgehead atoms. The van der Waals surface area contributed by atoms with Crippen molar-refractivity contribution in [1.29, 1.82) is 0 Å². The Morgan fingerprint density at radius 1 is 1.10 bits per heavy atom. The molecule has 0 unspecified atom stereocenters. The predicted molar refractivity (Wildman–Crippen MR) is 143 cm³/mol. The standard InChI is InChI=1S/C27H24ClF3N4O4S/c1-38-16-35(40(36,37)24-14-18(29)5-6-22(24)30)23-4-2-3-20(26(23)31)27-21(17-7-10-32-25(28)13-17)15-34(33-27)19-8-11-39-12-9-19/h2-7,10,13-15,19H,8-9,11-12,16H2,1H3. The average molecular weight is 593 g/mol. The van der Waals surface area contributed by atoms with Gasteiger partial charge in [-0.05, 0) is 60.9 Å². The number of sulfonamides is 1. The maximum Gasteiger partial charge on any atom is 0.269 e. The molecule has 0 radical (unpaired) electrons. The molecule has 3 heterocycles. The Bertz CT molecular complexity index is 1640. The molecule has 0 spiro atoms. The Morgan fingerprint density at radius 3 is 2.60 bits per heavy atom. The lowest BCUT2D eigenvalue weighted by Crippen LogP contribution is -2.34. The Balaban J connectivity index is 1.66. The van der Waals surface area contributed by atoms with Crippen molar-refractivity contribution in [3.63, 3.8) is 0 Å². The molecule has 0 aliphatic carbocycles. The summed E-state index contributed by atoms with van der Waals surface area (Å²) in [6.07, 6.45) is 4.72. The number of rotatable bonds is 8. The fourth-order valence-corrected chi connectivity index (χ4v) is 6.21. The van der Waals surface area contributed by atoms with E-state index in [-0.39, 0.29) is 22.5 Å². The topological polar surface area (TPSA) is 86.5 Å². The Labute approximate surface area is 234 Å². The Kier molecular flexibility index (Phi) is 8.13. The normalized spacial score (nSPS) is 14.4. The van der Waals surface area contributed by atoms with E-state index in [0.29, 0.717) is 53.6 Å². The molecule has 1 aliphatic heterocycles. The van der Waals surface area contributed by atoms with Gasteiger partial charge in [-0.1, -0.05) is 17.7 Å². The number of ether oxygens (including phenoxy) is 2. The molecule has 0 saturated carbocycles. The highest BCUT2D eigenvalue weighted by atomic mass is 35.5. The summed E-state index contributed by atoms with van der Waals surface area (Å²) >= 11 is 6.14. The van der Waals surface area contributed by atoms with Crippen LogP contribution < -0.4 is 4.31 Å². The van der Waals surface area contributed by atoms with Gasteiger partial charge in [0.05, 0.1) is 11.7 Å². The second kappa shape index (κ2) is 11.6. The molecule has 1 fully saturated rings. The first kappa shape index (κ1) is 28.1. The quantitative estimate of drug-likeness (QED) is 0.189. The molecule has 0 N–H and O–H groups in total. The third-order valence-electron chi connectivity index (χ3n) is 6.54. The second-order valence-electron chi connectivity index (χ2n) is 9.07. The van der Waals surface area contributed by atoms with Crippen LogP contribution in [0, 0.1) is 17.5 Å². The first-order valence-electron chi connectivity index (χ1n) is 12.2. The van der Waals surface area contributed by atoms with Crippen molar-refractivity contribution in [2.45, 2.75) is 23.8 Å².